The van der Waals surface area contributed by atoms with Crippen LogP contribution >= 0.6 is 11.5 Å². The van der Waals surface area contributed by atoms with Gasteiger partial charge in [-0.25, -0.2) is 0 Å². The lowest BCUT2D eigenvalue weighted by Gasteiger charge is -2.12. The summed E-state index contributed by atoms with van der Waals surface area (Å²) in [5, 5.41) is 18.7. The van der Waals surface area contributed by atoms with Gasteiger partial charge in [0.25, 0.3) is 0 Å². The first kappa shape index (κ1) is 14.1. The maximum absolute atomic E-state index is 10.2. The van der Waals surface area contributed by atoms with Crippen molar-refractivity contribution in [2.24, 2.45) is 0 Å². The first-order valence-corrected chi connectivity index (χ1v) is 7.44. The summed E-state index contributed by atoms with van der Waals surface area (Å²) in [6, 6.07) is 2.42. The summed E-state index contributed by atoms with van der Waals surface area (Å²) in [5.41, 5.74) is 1.71. The lowest BCUT2D eigenvalue weighted by molar-refractivity contribution is 0.179. The molecule has 0 aliphatic heterocycles. The average molecular weight is 280 g/mol. The molecule has 104 valence electrons. The smallest absolute Gasteiger partial charge is 0.0972 e. The van der Waals surface area contributed by atoms with Gasteiger partial charge in [-0.2, -0.15) is 5.10 Å². The molecule has 0 fully saturated rings. The Morgan fingerprint density at radius 1 is 1.37 bits per heavy atom. The molecule has 6 heteroatoms. The van der Waals surface area contributed by atoms with Crippen LogP contribution in [0.1, 0.15) is 55.1 Å². The number of aryl methyl sites for hydroxylation is 1. The van der Waals surface area contributed by atoms with Gasteiger partial charge in [0.05, 0.1) is 28.4 Å². The molecule has 2 heterocycles. The minimum absolute atomic E-state index is 0.442. The summed E-state index contributed by atoms with van der Waals surface area (Å²) in [6.45, 7) is 6.19. The second kappa shape index (κ2) is 6.25. The normalized spacial score (nSPS) is 13.1. The average Bonchev–Trinajstić information content (AvgIpc) is 3.00. The molecule has 0 saturated heterocycles. The number of aliphatic hydroxyl groups excluding tert-OH is 1. The Morgan fingerprint density at radius 2 is 2.11 bits per heavy atom. The van der Waals surface area contributed by atoms with E-state index >= 15 is 0 Å². The molecule has 1 N–H and O–H groups in total. The molecule has 0 amide bonds. The quantitative estimate of drug-likeness (QED) is 0.883. The third-order valence-corrected chi connectivity index (χ3v) is 4.30. The van der Waals surface area contributed by atoms with Crippen molar-refractivity contribution in [1.82, 2.24) is 19.4 Å². The lowest BCUT2D eigenvalue weighted by atomic mass is 10.1. The van der Waals surface area contributed by atoms with Crippen molar-refractivity contribution < 1.29 is 5.11 Å². The van der Waals surface area contributed by atoms with Crippen LogP contribution in [0.4, 0.5) is 0 Å². The lowest BCUT2D eigenvalue weighted by Crippen LogP contribution is -2.09. The summed E-state index contributed by atoms with van der Waals surface area (Å²) in [5.74, 6) is 0. The highest BCUT2D eigenvalue weighted by Crippen LogP contribution is 2.23. The Bertz CT molecular complexity index is 518. The molecule has 2 aromatic heterocycles. The van der Waals surface area contributed by atoms with Crippen molar-refractivity contribution in [2.75, 3.05) is 0 Å². The predicted molar refractivity (Wildman–Crippen MR) is 75.2 cm³/mol. The zero-order valence-corrected chi connectivity index (χ0v) is 12.4. The van der Waals surface area contributed by atoms with Crippen LogP contribution in [-0.2, 0) is 6.42 Å². The molecule has 2 aromatic rings. The Morgan fingerprint density at radius 3 is 2.68 bits per heavy atom. The number of hydrogen-bond acceptors (Lipinski definition) is 5. The van der Waals surface area contributed by atoms with Gasteiger partial charge in [0, 0.05) is 12.6 Å². The number of hydrogen-bond donors (Lipinski definition) is 1. The number of nitrogens with zero attached hydrogens (tertiary/aromatic N) is 4. The Kier molecular flexibility index (Phi) is 4.66. The number of rotatable bonds is 6. The van der Waals surface area contributed by atoms with Crippen LogP contribution in [0.5, 0.6) is 0 Å². The fourth-order valence-electron chi connectivity index (χ4n) is 2.19. The van der Waals surface area contributed by atoms with Crippen molar-refractivity contribution in [1.29, 1.82) is 0 Å². The standard InChI is InChI=1S/C13H20N4OS/c1-4-11(5-2)17-7-6-10(15-17)8-12(18)13-9(3)14-16-19-13/h6-7,11-12,18H,4-5,8H2,1-3H3. The van der Waals surface area contributed by atoms with Crippen LogP contribution in [0.3, 0.4) is 0 Å². The van der Waals surface area contributed by atoms with Crippen molar-refractivity contribution in [2.45, 2.75) is 52.2 Å². The SMILES string of the molecule is CCC(CC)n1ccc(CC(O)c2snnc2C)n1. The largest absolute Gasteiger partial charge is 0.387 e. The van der Waals surface area contributed by atoms with Crippen LogP contribution < -0.4 is 0 Å². The minimum Gasteiger partial charge on any atom is -0.387 e. The fraction of sp³-hybridized carbons (Fsp3) is 0.615. The molecule has 0 spiro atoms. The molecular weight excluding hydrogens is 260 g/mol. The van der Waals surface area contributed by atoms with Gasteiger partial charge in [-0.3, -0.25) is 4.68 Å². The Labute approximate surface area is 117 Å². The summed E-state index contributed by atoms with van der Waals surface area (Å²) in [6.07, 6.45) is 4.08. The second-order valence-electron chi connectivity index (χ2n) is 4.70. The first-order chi connectivity index (χ1) is 9.15. The van der Waals surface area contributed by atoms with E-state index < -0.39 is 6.10 Å². The molecule has 0 saturated carbocycles. The van der Waals surface area contributed by atoms with Gasteiger partial charge >= 0.3 is 0 Å². The zero-order chi connectivity index (χ0) is 13.8. The van der Waals surface area contributed by atoms with Gasteiger partial charge in [0.15, 0.2) is 0 Å². The molecule has 5 nitrogen and oxygen atoms in total. The molecule has 0 aliphatic rings. The summed E-state index contributed by atoms with van der Waals surface area (Å²) in [4.78, 5) is 0.831. The maximum Gasteiger partial charge on any atom is 0.0972 e. The highest BCUT2D eigenvalue weighted by molar-refractivity contribution is 7.05. The van der Waals surface area contributed by atoms with E-state index in [1.165, 1.54) is 11.5 Å². The molecule has 1 atom stereocenters. The van der Waals surface area contributed by atoms with Crippen LogP contribution in [0.2, 0.25) is 0 Å². The molecule has 0 radical (unpaired) electrons. The van der Waals surface area contributed by atoms with Gasteiger partial charge in [0.2, 0.25) is 0 Å². The third-order valence-electron chi connectivity index (χ3n) is 3.37. The molecule has 0 aromatic carbocycles. The van der Waals surface area contributed by atoms with Crippen LogP contribution in [0, 0.1) is 6.92 Å². The van der Waals surface area contributed by atoms with Gasteiger partial charge < -0.3 is 5.11 Å². The van der Waals surface area contributed by atoms with Crippen LogP contribution in [-0.4, -0.2) is 24.5 Å². The molecule has 2 rings (SSSR count). The van der Waals surface area contributed by atoms with Crippen molar-refractivity contribution >= 4 is 11.5 Å². The number of aromatic nitrogens is 4. The van der Waals surface area contributed by atoms with Crippen molar-refractivity contribution in [3.05, 3.63) is 28.5 Å². The van der Waals surface area contributed by atoms with Crippen molar-refractivity contribution in [3.63, 3.8) is 0 Å². The van der Waals surface area contributed by atoms with E-state index in [9.17, 15) is 5.11 Å². The number of aliphatic hydroxyl groups is 1. The van der Waals surface area contributed by atoms with E-state index in [0.29, 0.717) is 12.5 Å². The van der Waals surface area contributed by atoms with Gasteiger partial charge in [-0.1, -0.05) is 18.3 Å². The highest BCUT2D eigenvalue weighted by Gasteiger charge is 2.17. The third kappa shape index (κ3) is 3.19. The van der Waals surface area contributed by atoms with Gasteiger partial charge in [0.1, 0.15) is 0 Å². The Hall–Kier alpha value is -1.27. The van der Waals surface area contributed by atoms with Crippen LogP contribution in [0.25, 0.3) is 0 Å². The second-order valence-corrected chi connectivity index (χ2v) is 5.49. The molecule has 1 unspecified atom stereocenters. The van der Waals surface area contributed by atoms with Crippen LogP contribution in [0.15, 0.2) is 12.3 Å². The summed E-state index contributed by atoms with van der Waals surface area (Å²) in [7, 11) is 0. The molecular formula is C13H20N4OS. The van der Waals surface area contributed by atoms with E-state index in [-0.39, 0.29) is 0 Å². The van der Waals surface area contributed by atoms with E-state index in [0.717, 1.165) is 29.1 Å². The summed E-state index contributed by atoms with van der Waals surface area (Å²) < 4.78 is 5.85. The van der Waals surface area contributed by atoms with Gasteiger partial charge in [-0.05, 0) is 37.4 Å². The zero-order valence-electron chi connectivity index (χ0n) is 11.6. The predicted octanol–water partition coefficient (Wildman–Crippen LogP) is 2.68. The van der Waals surface area contributed by atoms with E-state index in [4.69, 9.17) is 0 Å². The van der Waals surface area contributed by atoms with Crippen molar-refractivity contribution in [3.8, 4) is 0 Å². The van der Waals surface area contributed by atoms with Gasteiger partial charge in [-0.15, -0.1) is 5.10 Å². The highest BCUT2D eigenvalue weighted by atomic mass is 32.1. The first-order valence-electron chi connectivity index (χ1n) is 6.66. The molecule has 0 bridgehead atoms. The van der Waals surface area contributed by atoms with E-state index in [1.54, 1.807) is 0 Å². The van der Waals surface area contributed by atoms with E-state index in [1.807, 2.05) is 23.9 Å². The monoisotopic (exact) mass is 280 g/mol. The molecule has 0 aliphatic carbocycles. The Balaban J connectivity index is 2.06. The summed E-state index contributed by atoms with van der Waals surface area (Å²) >= 11 is 1.25. The fourth-order valence-corrected chi connectivity index (χ4v) is 2.82. The van der Waals surface area contributed by atoms with E-state index in [2.05, 4.69) is 28.5 Å². The maximum atomic E-state index is 10.2. The topological polar surface area (TPSA) is 63.8 Å². The minimum atomic E-state index is -0.565. The molecule has 19 heavy (non-hydrogen) atoms.